The summed E-state index contributed by atoms with van der Waals surface area (Å²) in [4.78, 5) is 18.2. The molecule has 1 fully saturated rings. The minimum absolute atomic E-state index is 0.233. The largest absolute Gasteiger partial charge is 0.490 e. The first-order valence-electron chi connectivity index (χ1n) is 10.2. The highest BCUT2D eigenvalue weighted by Gasteiger charge is 2.35. The van der Waals surface area contributed by atoms with Crippen LogP contribution in [0.25, 0.3) is 11.0 Å². The summed E-state index contributed by atoms with van der Waals surface area (Å²) in [7, 11) is 2.04. The van der Waals surface area contributed by atoms with Gasteiger partial charge in [0.05, 0.1) is 24.5 Å². The van der Waals surface area contributed by atoms with E-state index >= 15 is 0 Å². The van der Waals surface area contributed by atoms with Gasteiger partial charge >= 0.3 is 6.18 Å². The highest BCUT2D eigenvalue weighted by Crippen LogP contribution is 2.35. The number of anilines is 2. The Bertz CT molecular complexity index is 1090. The molecular weight excluding hydrogens is 411 g/mol. The van der Waals surface area contributed by atoms with Gasteiger partial charge in [-0.3, -0.25) is 0 Å². The molecule has 11 heteroatoms. The number of nitrogens with one attached hydrogen (secondary N) is 1. The second-order valence-electron chi connectivity index (χ2n) is 8.29. The van der Waals surface area contributed by atoms with E-state index < -0.39 is 12.0 Å². The third-order valence-corrected chi connectivity index (χ3v) is 5.85. The summed E-state index contributed by atoms with van der Waals surface area (Å²) in [6.07, 6.45) is 1.36. The van der Waals surface area contributed by atoms with Crippen molar-refractivity contribution >= 4 is 22.8 Å². The first-order valence-corrected chi connectivity index (χ1v) is 10.2. The number of hydrogen-bond acceptors (Lipinski definition) is 7. The van der Waals surface area contributed by atoms with E-state index in [1.54, 1.807) is 0 Å². The number of alkyl halides is 3. The molecule has 1 atom stereocenters. The van der Waals surface area contributed by atoms with Gasteiger partial charge in [-0.1, -0.05) is 0 Å². The topological polar surface area (TPSA) is 81.0 Å². The quantitative estimate of drug-likeness (QED) is 0.659. The Morgan fingerprint density at radius 1 is 1.19 bits per heavy atom. The van der Waals surface area contributed by atoms with Gasteiger partial charge in [-0.25, -0.2) is 15.0 Å². The van der Waals surface area contributed by atoms with E-state index in [-0.39, 0.29) is 11.8 Å². The monoisotopic (exact) mass is 433 g/mol. The molecule has 31 heavy (non-hydrogen) atoms. The number of hydrogen-bond donors (Lipinski definition) is 1. The standard InChI is InChI=1S/C20H22F3N7O/c1-11-9-29(2)17-16-15(3-4-30(11)16)27-19(28-17)26-13-5-12(6-13)10-31-14-7-24-18(25-8-14)20(21,22)23/h3-4,7-8,11-13H,5-6,9-10H2,1-2H3,(H,26,27,28)/t11-,12-,13+/m1/s1. The minimum Gasteiger partial charge on any atom is -0.490 e. The van der Waals surface area contributed by atoms with E-state index in [9.17, 15) is 13.2 Å². The van der Waals surface area contributed by atoms with Crippen LogP contribution in [-0.2, 0) is 6.18 Å². The Morgan fingerprint density at radius 3 is 2.65 bits per heavy atom. The zero-order chi connectivity index (χ0) is 21.8. The molecule has 3 aromatic rings. The molecule has 1 aliphatic carbocycles. The molecule has 1 aliphatic heterocycles. The molecule has 5 rings (SSSR count). The molecule has 0 bridgehead atoms. The van der Waals surface area contributed by atoms with Gasteiger partial charge in [0.1, 0.15) is 5.52 Å². The van der Waals surface area contributed by atoms with Crippen LogP contribution in [0.4, 0.5) is 24.9 Å². The normalized spacial score (nSPS) is 23.0. The van der Waals surface area contributed by atoms with Crippen molar-refractivity contribution in [3.8, 4) is 5.75 Å². The van der Waals surface area contributed by atoms with Gasteiger partial charge in [0.25, 0.3) is 0 Å². The molecule has 164 valence electrons. The lowest BCUT2D eigenvalue weighted by Crippen LogP contribution is -2.39. The smallest absolute Gasteiger partial charge is 0.451 e. The van der Waals surface area contributed by atoms with Crippen LogP contribution in [0.15, 0.2) is 24.7 Å². The number of halogens is 3. The fourth-order valence-electron chi connectivity index (χ4n) is 4.24. The summed E-state index contributed by atoms with van der Waals surface area (Å²) >= 11 is 0. The highest BCUT2D eigenvalue weighted by atomic mass is 19.4. The number of ether oxygens (including phenoxy) is 1. The van der Waals surface area contributed by atoms with Crippen molar-refractivity contribution in [1.29, 1.82) is 0 Å². The van der Waals surface area contributed by atoms with Crippen LogP contribution in [-0.4, -0.2) is 50.7 Å². The first-order chi connectivity index (χ1) is 14.8. The molecule has 1 saturated carbocycles. The predicted molar refractivity (Wildman–Crippen MR) is 108 cm³/mol. The van der Waals surface area contributed by atoms with E-state index in [0.717, 1.165) is 48.6 Å². The van der Waals surface area contributed by atoms with Crippen molar-refractivity contribution in [2.45, 2.75) is 38.0 Å². The fraction of sp³-hybridized carbons (Fsp3) is 0.500. The van der Waals surface area contributed by atoms with Crippen LogP contribution in [0.2, 0.25) is 0 Å². The van der Waals surface area contributed by atoms with Crippen LogP contribution in [0, 0.1) is 5.92 Å². The molecule has 4 heterocycles. The number of aromatic nitrogens is 5. The molecule has 0 spiro atoms. The van der Waals surface area contributed by atoms with Crippen molar-refractivity contribution in [3.63, 3.8) is 0 Å². The van der Waals surface area contributed by atoms with Gasteiger partial charge in [-0.2, -0.15) is 18.2 Å². The molecule has 2 aliphatic rings. The fourth-order valence-corrected chi connectivity index (χ4v) is 4.24. The minimum atomic E-state index is -4.55. The van der Waals surface area contributed by atoms with Gasteiger partial charge in [0, 0.05) is 31.9 Å². The van der Waals surface area contributed by atoms with E-state index in [1.807, 2.05) is 13.1 Å². The lowest BCUT2D eigenvalue weighted by Gasteiger charge is -2.36. The third kappa shape index (κ3) is 3.72. The Balaban J connectivity index is 1.17. The van der Waals surface area contributed by atoms with Crippen molar-refractivity contribution in [3.05, 3.63) is 30.5 Å². The summed E-state index contributed by atoms with van der Waals surface area (Å²) in [5.74, 6) is 0.907. The molecule has 0 radical (unpaired) electrons. The van der Waals surface area contributed by atoms with Gasteiger partial charge in [0.15, 0.2) is 11.6 Å². The highest BCUT2D eigenvalue weighted by molar-refractivity contribution is 5.89. The summed E-state index contributed by atoms with van der Waals surface area (Å²) in [6, 6.07) is 2.63. The van der Waals surface area contributed by atoms with Crippen molar-refractivity contribution in [2.24, 2.45) is 5.92 Å². The maximum Gasteiger partial charge on any atom is 0.451 e. The van der Waals surface area contributed by atoms with Gasteiger partial charge < -0.3 is 19.5 Å². The first kappa shape index (κ1) is 19.8. The summed E-state index contributed by atoms with van der Waals surface area (Å²) < 4.78 is 45.3. The molecule has 0 unspecified atom stereocenters. The lowest BCUT2D eigenvalue weighted by molar-refractivity contribution is -0.145. The van der Waals surface area contributed by atoms with Crippen molar-refractivity contribution in [2.75, 3.05) is 30.4 Å². The molecular formula is C20H22F3N7O. The molecule has 0 aromatic carbocycles. The molecule has 8 nitrogen and oxygen atoms in total. The average molecular weight is 433 g/mol. The second kappa shape index (κ2) is 7.24. The Kier molecular flexibility index (Phi) is 4.63. The van der Waals surface area contributed by atoms with Gasteiger partial charge in [-0.05, 0) is 31.7 Å². The third-order valence-electron chi connectivity index (χ3n) is 5.85. The van der Waals surface area contributed by atoms with E-state index in [1.165, 1.54) is 0 Å². The van der Waals surface area contributed by atoms with Crippen LogP contribution >= 0.6 is 0 Å². The molecule has 1 N–H and O–H groups in total. The summed E-state index contributed by atoms with van der Waals surface area (Å²) in [5.41, 5.74) is 1.98. The zero-order valence-corrected chi connectivity index (χ0v) is 17.1. The number of nitrogens with zero attached hydrogens (tertiary/aromatic N) is 6. The SMILES string of the molecule is C[C@@H]1CN(C)c2nc(N[C@H]3C[C@@H](COc4cnc(C(F)(F)F)nc4)C3)nc3ccn1c23. The van der Waals surface area contributed by atoms with Crippen LogP contribution in [0.1, 0.15) is 31.6 Å². The van der Waals surface area contributed by atoms with Crippen LogP contribution < -0.4 is 15.0 Å². The lowest BCUT2D eigenvalue weighted by atomic mass is 9.81. The maximum atomic E-state index is 12.5. The Hall–Kier alpha value is -3.11. The molecule has 0 amide bonds. The summed E-state index contributed by atoms with van der Waals surface area (Å²) in [6.45, 7) is 3.48. The van der Waals surface area contributed by atoms with E-state index in [2.05, 4.69) is 42.9 Å². The summed E-state index contributed by atoms with van der Waals surface area (Å²) in [5, 5.41) is 3.40. The van der Waals surface area contributed by atoms with Crippen LogP contribution in [0.5, 0.6) is 5.75 Å². The van der Waals surface area contributed by atoms with Crippen LogP contribution in [0.3, 0.4) is 0 Å². The van der Waals surface area contributed by atoms with Crippen molar-refractivity contribution in [1.82, 2.24) is 24.5 Å². The predicted octanol–water partition coefficient (Wildman–Crippen LogP) is 3.52. The zero-order valence-electron chi connectivity index (χ0n) is 17.1. The van der Waals surface area contributed by atoms with E-state index in [0.29, 0.717) is 24.5 Å². The maximum absolute atomic E-state index is 12.5. The van der Waals surface area contributed by atoms with Crippen molar-refractivity contribution < 1.29 is 17.9 Å². The Labute approximate surface area is 176 Å². The second-order valence-corrected chi connectivity index (χ2v) is 8.29. The average Bonchev–Trinajstić information content (AvgIpc) is 3.12. The number of likely N-dealkylation sites (N-methyl/N-ethyl adjacent to an activating group) is 1. The van der Waals surface area contributed by atoms with Gasteiger partial charge in [-0.15, -0.1) is 0 Å². The van der Waals surface area contributed by atoms with E-state index in [4.69, 9.17) is 9.72 Å². The van der Waals surface area contributed by atoms with Gasteiger partial charge in [0.2, 0.25) is 11.8 Å². The number of rotatable bonds is 5. The molecule has 3 aromatic heterocycles. The molecule has 0 saturated heterocycles. The Morgan fingerprint density at radius 2 is 1.94 bits per heavy atom.